The predicted octanol–water partition coefficient (Wildman–Crippen LogP) is 1.20. The summed E-state index contributed by atoms with van der Waals surface area (Å²) in [6.45, 7) is 8.34. The van der Waals surface area contributed by atoms with Crippen LogP contribution in [0.3, 0.4) is 0 Å². The van der Waals surface area contributed by atoms with Crippen molar-refractivity contribution in [3.63, 3.8) is 0 Å². The summed E-state index contributed by atoms with van der Waals surface area (Å²) in [6, 6.07) is 0.965. The van der Waals surface area contributed by atoms with Crippen LogP contribution in [0.2, 0.25) is 0 Å². The first-order valence-electron chi connectivity index (χ1n) is 7.40. The molecule has 19 heavy (non-hydrogen) atoms. The Bertz CT molecular complexity index is 394. The Morgan fingerprint density at radius 2 is 2.32 bits per heavy atom. The number of nitrogens with one attached hydrogen (secondary N) is 1. The van der Waals surface area contributed by atoms with Gasteiger partial charge in [-0.15, -0.1) is 0 Å². The highest BCUT2D eigenvalue weighted by molar-refractivity contribution is 5.08. The molecule has 2 aliphatic heterocycles. The molecule has 0 bridgehead atoms. The lowest BCUT2D eigenvalue weighted by Gasteiger charge is -2.30. The lowest BCUT2D eigenvalue weighted by Crippen LogP contribution is -2.39. The summed E-state index contributed by atoms with van der Waals surface area (Å²) in [5, 5.41) is 3.56. The third kappa shape index (κ3) is 2.99. The van der Waals surface area contributed by atoms with E-state index in [0.29, 0.717) is 12.1 Å². The zero-order valence-electron chi connectivity index (χ0n) is 11.7. The van der Waals surface area contributed by atoms with E-state index in [2.05, 4.69) is 26.7 Å². The average molecular weight is 264 g/mol. The zero-order chi connectivity index (χ0) is 13.1. The van der Waals surface area contributed by atoms with E-state index in [1.54, 1.807) is 0 Å². The number of nitrogens with zero attached hydrogens (tertiary/aromatic N) is 3. The van der Waals surface area contributed by atoms with Crippen molar-refractivity contribution >= 4 is 0 Å². The number of aromatic nitrogens is 2. The summed E-state index contributed by atoms with van der Waals surface area (Å²) in [5.41, 5.74) is 1.35. The number of morpholine rings is 1. The highest BCUT2D eigenvalue weighted by Crippen LogP contribution is 2.25. The van der Waals surface area contributed by atoms with Crippen LogP contribution in [0.1, 0.15) is 37.5 Å². The summed E-state index contributed by atoms with van der Waals surface area (Å²) in [5.74, 6) is 0. The van der Waals surface area contributed by atoms with Gasteiger partial charge in [-0.2, -0.15) is 0 Å². The van der Waals surface area contributed by atoms with Crippen molar-refractivity contribution in [3.8, 4) is 0 Å². The van der Waals surface area contributed by atoms with E-state index in [9.17, 15) is 0 Å². The maximum absolute atomic E-state index is 5.41. The van der Waals surface area contributed by atoms with Crippen molar-refractivity contribution < 1.29 is 4.74 Å². The van der Waals surface area contributed by atoms with E-state index in [4.69, 9.17) is 4.74 Å². The summed E-state index contributed by atoms with van der Waals surface area (Å²) in [7, 11) is 0. The molecule has 1 aromatic heterocycles. The van der Waals surface area contributed by atoms with Gasteiger partial charge >= 0.3 is 0 Å². The molecular formula is C14H24N4O. The largest absolute Gasteiger partial charge is 0.379 e. The molecule has 1 aromatic rings. The fraction of sp³-hybridized carbons (Fsp3) is 0.786. The molecule has 1 N–H and O–H groups in total. The van der Waals surface area contributed by atoms with Crippen LogP contribution in [0, 0.1) is 0 Å². The van der Waals surface area contributed by atoms with Crippen LogP contribution in [0.15, 0.2) is 12.5 Å². The number of ether oxygens (including phenoxy) is 1. The lowest BCUT2D eigenvalue weighted by atomic mass is 10.1. The van der Waals surface area contributed by atoms with Crippen molar-refractivity contribution in [2.75, 3.05) is 39.4 Å². The average Bonchev–Trinajstić information content (AvgIpc) is 3.10. The van der Waals surface area contributed by atoms with Gasteiger partial charge in [-0.25, -0.2) is 4.98 Å². The molecule has 3 rings (SSSR count). The first-order valence-corrected chi connectivity index (χ1v) is 7.40. The van der Waals surface area contributed by atoms with Gasteiger partial charge in [0.1, 0.15) is 0 Å². The predicted molar refractivity (Wildman–Crippen MR) is 74.2 cm³/mol. The van der Waals surface area contributed by atoms with Gasteiger partial charge in [-0.3, -0.25) is 4.90 Å². The van der Waals surface area contributed by atoms with Crippen molar-refractivity contribution in [1.82, 2.24) is 19.8 Å². The minimum Gasteiger partial charge on any atom is -0.379 e. The number of imidazole rings is 1. The summed E-state index contributed by atoms with van der Waals surface area (Å²) in [4.78, 5) is 6.85. The first-order chi connectivity index (χ1) is 9.34. The van der Waals surface area contributed by atoms with Crippen molar-refractivity contribution in [2.45, 2.75) is 31.8 Å². The maximum atomic E-state index is 5.41. The van der Waals surface area contributed by atoms with Crippen molar-refractivity contribution in [2.24, 2.45) is 0 Å². The van der Waals surface area contributed by atoms with Crippen molar-refractivity contribution in [3.05, 3.63) is 18.2 Å². The smallest absolute Gasteiger partial charge is 0.0951 e. The molecule has 2 atom stereocenters. The van der Waals surface area contributed by atoms with Crippen LogP contribution in [-0.4, -0.2) is 53.8 Å². The highest BCUT2D eigenvalue weighted by atomic mass is 16.5. The van der Waals surface area contributed by atoms with Gasteiger partial charge in [0.25, 0.3) is 0 Å². The molecule has 0 aliphatic carbocycles. The molecule has 2 fully saturated rings. The third-order valence-electron chi connectivity index (χ3n) is 4.21. The SMILES string of the molecule is CC(CN1CCOCC1)n1cncc1[C@@H]1CCCN1. The van der Waals surface area contributed by atoms with Gasteiger partial charge in [-0.1, -0.05) is 0 Å². The first kappa shape index (κ1) is 13.1. The fourth-order valence-corrected chi connectivity index (χ4v) is 3.14. The molecule has 5 nitrogen and oxygen atoms in total. The molecule has 0 radical (unpaired) electrons. The van der Waals surface area contributed by atoms with Crippen LogP contribution in [0.4, 0.5) is 0 Å². The molecule has 106 valence electrons. The topological polar surface area (TPSA) is 42.3 Å². The molecule has 2 saturated heterocycles. The molecule has 0 spiro atoms. The summed E-state index contributed by atoms with van der Waals surface area (Å²) in [6.07, 6.45) is 6.52. The Labute approximate surface area is 114 Å². The molecule has 0 aromatic carbocycles. The number of rotatable bonds is 4. The second-order valence-corrected chi connectivity index (χ2v) is 5.64. The minimum atomic E-state index is 0.470. The second-order valence-electron chi connectivity index (χ2n) is 5.64. The van der Waals surface area contributed by atoms with Crippen molar-refractivity contribution in [1.29, 1.82) is 0 Å². The molecule has 5 heteroatoms. The Kier molecular flexibility index (Phi) is 4.15. The molecule has 2 aliphatic rings. The van der Waals surface area contributed by atoms with Gasteiger partial charge in [0.2, 0.25) is 0 Å². The number of hydrogen-bond acceptors (Lipinski definition) is 4. The minimum absolute atomic E-state index is 0.470. The second kappa shape index (κ2) is 6.03. The quantitative estimate of drug-likeness (QED) is 0.887. The van der Waals surface area contributed by atoms with Gasteiger partial charge in [0.15, 0.2) is 0 Å². The maximum Gasteiger partial charge on any atom is 0.0951 e. The zero-order valence-corrected chi connectivity index (χ0v) is 11.7. The fourth-order valence-electron chi connectivity index (χ4n) is 3.14. The van der Waals surface area contributed by atoms with E-state index in [-0.39, 0.29) is 0 Å². The molecule has 1 unspecified atom stereocenters. The monoisotopic (exact) mass is 264 g/mol. The van der Waals surface area contributed by atoms with Crippen LogP contribution >= 0.6 is 0 Å². The Hall–Kier alpha value is -0.910. The van der Waals surface area contributed by atoms with Crippen LogP contribution in [0.25, 0.3) is 0 Å². The van der Waals surface area contributed by atoms with E-state index in [1.165, 1.54) is 18.5 Å². The summed E-state index contributed by atoms with van der Waals surface area (Å²) < 4.78 is 7.75. The van der Waals surface area contributed by atoms with Gasteiger partial charge in [0.05, 0.1) is 25.2 Å². The van der Waals surface area contributed by atoms with E-state index < -0.39 is 0 Å². The Morgan fingerprint density at radius 1 is 1.47 bits per heavy atom. The highest BCUT2D eigenvalue weighted by Gasteiger charge is 2.22. The van der Waals surface area contributed by atoms with E-state index >= 15 is 0 Å². The molecule has 0 amide bonds. The standard InChI is InChI=1S/C14H24N4O/c1-12(10-17-5-7-19-8-6-17)18-11-15-9-14(18)13-3-2-4-16-13/h9,11-13,16H,2-8,10H2,1H3/t12?,13-/m0/s1. The molecule has 0 saturated carbocycles. The molecular weight excluding hydrogens is 240 g/mol. The van der Waals surface area contributed by atoms with Gasteiger partial charge in [-0.05, 0) is 26.3 Å². The third-order valence-corrected chi connectivity index (χ3v) is 4.21. The Morgan fingerprint density at radius 3 is 3.05 bits per heavy atom. The van der Waals surface area contributed by atoms with Crippen LogP contribution < -0.4 is 5.32 Å². The lowest BCUT2D eigenvalue weighted by molar-refractivity contribution is 0.0323. The van der Waals surface area contributed by atoms with E-state index in [1.807, 2.05) is 12.5 Å². The van der Waals surface area contributed by atoms with Gasteiger partial charge in [0, 0.05) is 37.9 Å². The molecule has 3 heterocycles. The Balaban J connectivity index is 1.65. The summed E-state index contributed by atoms with van der Waals surface area (Å²) >= 11 is 0. The van der Waals surface area contributed by atoms with Gasteiger partial charge < -0.3 is 14.6 Å². The van der Waals surface area contributed by atoms with E-state index in [0.717, 1.165) is 39.4 Å². The van der Waals surface area contributed by atoms with Crippen LogP contribution in [0.5, 0.6) is 0 Å². The normalized spacial score (nSPS) is 26.7. The van der Waals surface area contributed by atoms with Crippen LogP contribution in [-0.2, 0) is 4.74 Å². The number of hydrogen-bond donors (Lipinski definition) is 1.